The summed E-state index contributed by atoms with van der Waals surface area (Å²) >= 11 is 0. The van der Waals surface area contributed by atoms with Crippen LogP contribution in [0.5, 0.6) is 0 Å². The Hall–Kier alpha value is -0.120. The second kappa shape index (κ2) is 7.24. The monoisotopic (exact) mass is 284 g/mol. The van der Waals surface area contributed by atoms with E-state index in [1.54, 1.807) is 0 Å². The van der Waals surface area contributed by atoms with Gasteiger partial charge in [0.05, 0.1) is 12.2 Å². The molecule has 0 unspecified atom stereocenters. The van der Waals surface area contributed by atoms with Crippen LogP contribution in [0.4, 0.5) is 0 Å². The standard InChI is InChI=1S/C17H36N2O/c1-15-14-18(9-8-16(2,3)4)10-11-19(15)12-13-20-17(5,6)7/h15H,8-14H2,1-7H3/t15-/m0/s1. The molecular weight excluding hydrogens is 248 g/mol. The molecule has 0 aromatic carbocycles. The minimum Gasteiger partial charge on any atom is -0.375 e. The van der Waals surface area contributed by atoms with E-state index >= 15 is 0 Å². The van der Waals surface area contributed by atoms with E-state index in [1.807, 2.05) is 0 Å². The average molecular weight is 284 g/mol. The second-order valence-corrected chi connectivity index (χ2v) is 8.46. The average Bonchev–Trinajstić information content (AvgIpc) is 2.26. The molecule has 3 heteroatoms. The lowest BCUT2D eigenvalue weighted by molar-refractivity contribution is -0.0257. The Kier molecular flexibility index (Phi) is 6.49. The summed E-state index contributed by atoms with van der Waals surface area (Å²) in [6.45, 7) is 22.4. The minimum atomic E-state index is -0.0161. The molecule has 1 fully saturated rings. The fourth-order valence-corrected chi connectivity index (χ4v) is 2.57. The first-order valence-electron chi connectivity index (χ1n) is 8.17. The van der Waals surface area contributed by atoms with E-state index in [2.05, 4.69) is 58.3 Å². The lowest BCUT2D eigenvalue weighted by Crippen LogP contribution is -2.53. The Bertz CT molecular complexity index is 278. The van der Waals surface area contributed by atoms with Gasteiger partial charge in [0, 0.05) is 32.2 Å². The summed E-state index contributed by atoms with van der Waals surface area (Å²) < 4.78 is 5.84. The van der Waals surface area contributed by atoms with Gasteiger partial charge in [-0.1, -0.05) is 20.8 Å². The van der Waals surface area contributed by atoms with E-state index in [0.29, 0.717) is 11.5 Å². The van der Waals surface area contributed by atoms with E-state index < -0.39 is 0 Å². The Balaban J connectivity index is 2.26. The third kappa shape index (κ3) is 7.61. The Morgan fingerprint density at radius 1 is 1.00 bits per heavy atom. The van der Waals surface area contributed by atoms with Gasteiger partial charge in [0.25, 0.3) is 0 Å². The van der Waals surface area contributed by atoms with E-state index in [9.17, 15) is 0 Å². The van der Waals surface area contributed by atoms with Gasteiger partial charge in [0.1, 0.15) is 0 Å². The molecule has 1 atom stereocenters. The summed E-state index contributed by atoms with van der Waals surface area (Å²) in [5.41, 5.74) is 0.429. The quantitative estimate of drug-likeness (QED) is 0.771. The van der Waals surface area contributed by atoms with Gasteiger partial charge >= 0.3 is 0 Å². The number of nitrogens with zero attached hydrogens (tertiary/aromatic N) is 2. The van der Waals surface area contributed by atoms with Gasteiger partial charge in [-0.2, -0.15) is 0 Å². The Morgan fingerprint density at radius 2 is 1.65 bits per heavy atom. The summed E-state index contributed by atoms with van der Waals surface area (Å²) in [5.74, 6) is 0. The maximum absolute atomic E-state index is 5.84. The number of ether oxygens (including phenoxy) is 1. The summed E-state index contributed by atoms with van der Waals surface area (Å²) in [6, 6.07) is 0.646. The highest BCUT2D eigenvalue weighted by Gasteiger charge is 2.24. The topological polar surface area (TPSA) is 15.7 Å². The van der Waals surface area contributed by atoms with E-state index in [-0.39, 0.29) is 5.60 Å². The molecule has 0 aromatic rings. The van der Waals surface area contributed by atoms with Crippen LogP contribution in [0.15, 0.2) is 0 Å². The fourth-order valence-electron chi connectivity index (χ4n) is 2.57. The summed E-state index contributed by atoms with van der Waals surface area (Å²) in [4.78, 5) is 5.19. The molecule has 0 aliphatic carbocycles. The SMILES string of the molecule is C[C@H]1CN(CCC(C)(C)C)CCN1CCOC(C)(C)C. The van der Waals surface area contributed by atoms with Crippen LogP contribution in [0.3, 0.4) is 0 Å². The number of hydrogen-bond donors (Lipinski definition) is 0. The molecule has 0 N–H and O–H groups in total. The number of hydrogen-bond acceptors (Lipinski definition) is 3. The molecule has 0 amide bonds. The zero-order valence-corrected chi connectivity index (χ0v) is 14.8. The van der Waals surface area contributed by atoms with E-state index in [4.69, 9.17) is 4.74 Å². The summed E-state index contributed by atoms with van der Waals surface area (Å²) in [7, 11) is 0. The molecule has 0 aromatic heterocycles. The Labute approximate surface area is 126 Å². The van der Waals surface area contributed by atoms with Crippen molar-refractivity contribution < 1.29 is 4.74 Å². The van der Waals surface area contributed by atoms with Crippen molar-refractivity contribution >= 4 is 0 Å². The first-order valence-corrected chi connectivity index (χ1v) is 8.17. The molecule has 1 aliphatic heterocycles. The molecule has 1 saturated heterocycles. The third-order valence-electron chi connectivity index (χ3n) is 3.94. The maximum atomic E-state index is 5.84. The van der Waals surface area contributed by atoms with Crippen molar-refractivity contribution in [2.75, 3.05) is 39.3 Å². The molecular formula is C17H36N2O. The molecule has 0 bridgehead atoms. The number of rotatable bonds is 5. The van der Waals surface area contributed by atoms with Crippen molar-refractivity contribution in [2.24, 2.45) is 5.41 Å². The molecule has 20 heavy (non-hydrogen) atoms. The van der Waals surface area contributed by atoms with Crippen LogP contribution in [-0.4, -0.2) is 60.8 Å². The zero-order chi connectivity index (χ0) is 15.4. The maximum Gasteiger partial charge on any atom is 0.0600 e. The van der Waals surface area contributed by atoms with Crippen LogP contribution in [0.25, 0.3) is 0 Å². The van der Waals surface area contributed by atoms with Crippen LogP contribution < -0.4 is 0 Å². The molecule has 1 rings (SSSR count). The normalized spacial score (nSPS) is 23.2. The van der Waals surface area contributed by atoms with Gasteiger partial charge in [-0.05, 0) is 46.1 Å². The fraction of sp³-hybridized carbons (Fsp3) is 1.00. The van der Waals surface area contributed by atoms with Crippen LogP contribution in [-0.2, 0) is 4.74 Å². The highest BCUT2D eigenvalue weighted by atomic mass is 16.5. The van der Waals surface area contributed by atoms with Gasteiger partial charge in [-0.3, -0.25) is 4.90 Å². The lowest BCUT2D eigenvalue weighted by Gasteiger charge is -2.41. The molecule has 0 radical (unpaired) electrons. The van der Waals surface area contributed by atoms with Crippen molar-refractivity contribution in [3.63, 3.8) is 0 Å². The van der Waals surface area contributed by atoms with Crippen LogP contribution >= 0.6 is 0 Å². The van der Waals surface area contributed by atoms with Gasteiger partial charge in [-0.25, -0.2) is 0 Å². The molecule has 120 valence electrons. The summed E-state index contributed by atoms with van der Waals surface area (Å²) in [6.07, 6.45) is 1.28. The molecule has 1 aliphatic rings. The minimum absolute atomic E-state index is 0.0161. The van der Waals surface area contributed by atoms with Crippen molar-refractivity contribution in [1.29, 1.82) is 0 Å². The molecule has 0 saturated carbocycles. The largest absolute Gasteiger partial charge is 0.375 e. The summed E-state index contributed by atoms with van der Waals surface area (Å²) in [5, 5.41) is 0. The molecule has 1 heterocycles. The van der Waals surface area contributed by atoms with Gasteiger partial charge in [0.15, 0.2) is 0 Å². The van der Waals surface area contributed by atoms with Gasteiger partial charge < -0.3 is 9.64 Å². The van der Waals surface area contributed by atoms with Crippen molar-refractivity contribution in [3.05, 3.63) is 0 Å². The highest BCUT2D eigenvalue weighted by molar-refractivity contribution is 4.80. The lowest BCUT2D eigenvalue weighted by atomic mass is 9.92. The first kappa shape index (κ1) is 17.9. The van der Waals surface area contributed by atoms with Crippen LogP contribution in [0, 0.1) is 5.41 Å². The predicted octanol–water partition coefficient (Wildman–Crippen LogP) is 3.24. The predicted molar refractivity (Wildman–Crippen MR) is 87.3 cm³/mol. The van der Waals surface area contributed by atoms with E-state index in [0.717, 1.165) is 13.2 Å². The third-order valence-corrected chi connectivity index (χ3v) is 3.94. The zero-order valence-electron chi connectivity index (χ0n) is 14.8. The highest BCUT2D eigenvalue weighted by Crippen LogP contribution is 2.20. The van der Waals surface area contributed by atoms with E-state index in [1.165, 1.54) is 32.6 Å². The number of piperazine rings is 1. The van der Waals surface area contributed by atoms with Crippen LogP contribution in [0.2, 0.25) is 0 Å². The van der Waals surface area contributed by atoms with Gasteiger partial charge in [-0.15, -0.1) is 0 Å². The molecule has 3 nitrogen and oxygen atoms in total. The molecule has 0 spiro atoms. The van der Waals surface area contributed by atoms with Crippen molar-refractivity contribution in [2.45, 2.75) is 66.5 Å². The van der Waals surface area contributed by atoms with Gasteiger partial charge in [0.2, 0.25) is 0 Å². The smallest absolute Gasteiger partial charge is 0.0600 e. The van der Waals surface area contributed by atoms with Crippen LogP contribution in [0.1, 0.15) is 54.9 Å². The second-order valence-electron chi connectivity index (χ2n) is 8.46. The first-order chi connectivity index (χ1) is 9.07. The van der Waals surface area contributed by atoms with Crippen molar-refractivity contribution in [3.8, 4) is 0 Å². The van der Waals surface area contributed by atoms with Crippen molar-refractivity contribution in [1.82, 2.24) is 9.80 Å². The Morgan fingerprint density at radius 3 is 2.15 bits per heavy atom.